The number of hydrogen-bond acceptors (Lipinski definition) is 3. The number of anilines is 1. The molecule has 2 fully saturated rings. The van der Waals surface area contributed by atoms with Gasteiger partial charge in [-0.1, -0.05) is 13.8 Å². The molecule has 0 bridgehead atoms. The summed E-state index contributed by atoms with van der Waals surface area (Å²) in [4.78, 5) is 29.1. The molecule has 1 saturated heterocycles. The molecule has 1 saturated carbocycles. The number of carbonyl (C=O) groups is 2. The van der Waals surface area contributed by atoms with E-state index in [0.717, 1.165) is 57.7 Å². The van der Waals surface area contributed by atoms with Gasteiger partial charge in [-0.05, 0) is 62.5 Å². The van der Waals surface area contributed by atoms with Crippen molar-refractivity contribution in [2.45, 2.75) is 33.1 Å². The Kier molecular flexibility index (Phi) is 5.74. The van der Waals surface area contributed by atoms with E-state index >= 15 is 0 Å². The third kappa shape index (κ3) is 4.60. The first-order chi connectivity index (χ1) is 12.1. The molecule has 3 rings (SSSR count). The molecule has 1 heterocycles. The smallest absolute Gasteiger partial charge is 0.253 e. The van der Waals surface area contributed by atoms with Crippen molar-refractivity contribution in [1.82, 2.24) is 9.80 Å². The maximum Gasteiger partial charge on any atom is 0.253 e. The Hall–Kier alpha value is -1.88. The Bertz CT molecular complexity index is 614. The number of rotatable bonds is 5. The van der Waals surface area contributed by atoms with E-state index < -0.39 is 0 Å². The fourth-order valence-electron chi connectivity index (χ4n) is 3.51. The van der Waals surface area contributed by atoms with Crippen LogP contribution in [0, 0.1) is 11.8 Å². The Labute approximate surface area is 150 Å². The minimum absolute atomic E-state index is 0.0899. The molecule has 1 aliphatic carbocycles. The van der Waals surface area contributed by atoms with Crippen LogP contribution in [0.1, 0.15) is 43.5 Å². The molecule has 5 nitrogen and oxygen atoms in total. The van der Waals surface area contributed by atoms with Gasteiger partial charge in [0.1, 0.15) is 0 Å². The van der Waals surface area contributed by atoms with E-state index in [2.05, 4.69) is 24.1 Å². The Morgan fingerprint density at radius 3 is 2.48 bits per heavy atom. The number of carbonyl (C=O) groups excluding carboxylic acids is 2. The van der Waals surface area contributed by atoms with Crippen molar-refractivity contribution in [1.29, 1.82) is 0 Å². The van der Waals surface area contributed by atoms with Gasteiger partial charge in [0.15, 0.2) is 0 Å². The minimum atomic E-state index is 0.0899. The standard InChI is InChI=1S/C20H29N3O2/c1-3-9-22-10-4-11-23(13-12-22)20(25)16-5-7-17(8-6-16)21-19(24)18-14-15(18)2/h5-8,15,18H,3-4,9-14H2,1-2H3,(H,21,24)/t15-,18+/m1/s1. The molecular weight excluding hydrogens is 314 g/mol. The van der Waals surface area contributed by atoms with Gasteiger partial charge >= 0.3 is 0 Å². The third-order valence-electron chi connectivity index (χ3n) is 5.26. The molecule has 1 N–H and O–H groups in total. The Morgan fingerprint density at radius 2 is 1.84 bits per heavy atom. The van der Waals surface area contributed by atoms with Crippen molar-refractivity contribution >= 4 is 17.5 Å². The van der Waals surface area contributed by atoms with Crippen LogP contribution in [0.25, 0.3) is 0 Å². The summed E-state index contributed by atoms with van der Waals surface area (Å²) in [6.07, 6.45) is 3.16. The minimum Gasteiger partial charge on any atom is -0.337 e. The predicted molar refractivity (Wildman–Crippen MR) is 99.6 cm³/mol. The molecule has 0 unspecified atom stereocenters. The first kappa shape index (κ1) is 17.9. The van der Waals surface area contributed by atoms with Crippen molar-refractivity contribution in [3.63, 3.8) is 0 Å². The van der Waals surface area contributed by atoms with Crippen molar-refractivity contribution < 1.29 is 9.59 Å². The summed E-state index contributed by atoms with van der Waals surface area (Å²) < 4.78 is 0. The Balaban J connectivity index is 1.56. The highest BCUT2D eigenvalue weighted by molar-refractivity contribution is 5.97. The van der Waals surface area contributed by atoms with Crippen LogP contribution in [0.4, 0.5) is 5.69 Å². The predicted octanol–water partition coefficient (Wildman–Crippen LogP) is 2.84. The molecular formula is C20H29N3O2. The molecule has 25 heavy (non-hydrogen) atoms. The van der Waals surface area contributed by atoms with Gasteiger partial charge in [-0.3, -0.25) is 9.59 Å². The average molecular weight is 343 g/mol. The van der Waals surface area contributed by atoms with Gasteiger partial charge in [0, 0.05) is 36.8 Å². The average Bonchev–Trinajstić information content (AvgIpc) is 3.38. The summed E-state index contributed by atoms with van der Waals surface area (Å²) in [5.74, 6) is 0.836. The van der Waals surface area contributed by atoms with E-state index in [1.807, 2.05) is 29.2 Å². The lowest BCUT2D eigenvalue weighted by Gasteiger charge is -2.22. The summed E-state index contributed by atoms with van der Waals surface area (Å²) in [7, 11) is 0. The summed E-state index contributed by atoms with van der Waals surface area (Å²) in [5, 5.41) is 2.94. The van der Waals surface area contributed by atoms with E-state index in [-0.39, 0.29) is 17.7 Å². The van der Waals surface area contributed by atoms with Crippen LogP contribution in [-0.4, -0.2) is 54.3 Å². The van der Waals surface area contributed by atoms with Crippen LogP contribution in [0.5, 0.6) is 0 Å². The number of nitrogens with one attached hydrogen (secondary N) is 1. The maximum absolute atomic E-state index is 12.7. The molecule has 136 valence electrons. The number of amides is 2. The molecule has 2 amide bonds. The summed E-state index contributed by atoms with van der Waals surface area (Å²) in [5.41, 5.74) is 1.47. The molecule has 2 aliphatic rings. The van der Waals surface area contributed by atoms with Crippen LogP contribution in [0.3, 0.4) is 0 Å². The molecule has 1 aromatic rings. The fraction of sp³-hybridized carbons (Fsp3) is 0.600. The van der Waals surface area contributed by atoms with E-state index in [4.69, 9.17) is 0 Å². The van der Waals surface area contributed by atoms with Gasteiger partial charge < -0.3 is 15.1 Å². The molecule has 0 radical (unpaired) electrons. The summed E-state index contributed by atoms with van der Waals surface area (Å²) in [6, 6.07) is 7.31. The Morgan fingerprint density at radius 1 is 1.12 bits per heavy atom. The first-order valence-electron chi connectivity index (χ1n) is 9.51. The molecule has 1 aromatic carbocycles. The van der Waals surface area contributed by atoms with Crippen LogP contribution < -0.4 is 5.32 Å². The second-order valence-electron chi connectivity index (χ2n) is 7.37. The number of nitrogens with zero attached hydrogens (tertiary/aromatic N) is 2. The summed E-state index contributed by atoms with van der Waals surface area (Å²) >= 11 is 0. The topological polar surface area (TPSA) is 52.6 Å². The highest BCUT2D eigenvalue weighted by atomic mass is 16.2. The number of benzene rings is 1. The van der Waals surface area contributed by atoms with E-state index in [9.17, 15) is 9.59 Å². The third-order valence-corrected chi connectivity index (χ3v) is 5.26. The normalized spacial score (nSPS) is 23.8. The van der Waals surface area contributed by atoms with Gasteiger partial charge in [0.2, 0.25) is 5.91 Å². The van der Waals surface area contributed by atoms with Crippen LogP contribution in [-0.2, 0) is 4.79 Å². The van der Waals surface area contributed by atoms with Crippen LogP contribution in [0.15, 0.2) is 24.3 Å². The lowest BCUT2D eigenvalue weighted by atomic mass is 10.1. The molecule has 0 spiro atoms. The van der Waals surface area contributed by atoms with E-state index in [0.29, 0.717) is 11.5 Å². The zero-order valence-corrected chi connectivity index (χ0v) is 15.3. The molecule has 1 aliphatic heterocycles. The van der Waals surface area contributed by atoms with Gasteiger partial charge in [0.05, 0.1) is 0 Å². The van der Waals surface area contributed by atoms with Gasteiger partial charge in [-0.2, -0.15) is 0 Å². The quantitative estimate of drug-likeness (QED) is 0.894. The lowest BCUT2D eigenvalue weighted by molar-refractivity contribution is -0.117. The fourth-order valence-corrected chi connectivity index (χ4v) is 3.51. The zero-order chi connectivity index (χ0) is 17.8. The van der Waals surface area contributed by atoms with Crippen LogP contribution in [0.2, 0.25) is 0 Å². The van der Waals surface area contributed by atoms with Crippen molar-refractivity contribution in [3.05, 3.63) is 29.8 Å². The maximum atomic E-state index is 12.7. The largest absolute Gasteiger partial charge is 0.337 e. The zero-order valence-electron chi connectivity index (χ0n) is 15.3. The second-order valence-corrected chi connectivity index (χ2v) is 7.37. The second kappa shape index (κ2) is 8.00. The molecule has 2 atom stereocenters. The van der Waals surface area contributed by atoms with E-state index in [1.165, 1.54) is 0 Å². The monoisotopic (exact) mass is 343 g/mol. The first-order valence-corrected chi connectivity index (χ1v) is 9.51. The van der Waals surface area contributed by atoms with Crippen molar-refractivity contribution in [3.8, 4) is 0 Å². The lowest BCUT2D eigenvalue weighted by Crippen LogP contribution is -2.35. The van der Waals surface area contributed by atoms with Crippen molar-refractivity contribution in [2.75, 3.05) is 38.0 Å². The number of hydrogen-bond donors (Lipinski definition) is 1. The van der Waals surface area contributed by atoms with Crippen molar-refractivity contribution in [2.24, 2.45) is 11.8 Å². The molecule has 5 heteroatoms. The SMILES string of the molecule is CCCN1CCCN(C(=O)c2ccc(NC(=O)[C@H]3C[C@H]3C)cc2)CC1. The molecule has 0 aromatic heterocycles. The summed E-state index contributed by atoms with van der Waals surface area (Å²) in [6.45, 7) is 9.02. The van der Waals surface area contributed by atoms with Gasteiger partial charge in [-0.15, -0.1) is 0 Å². The van der Waals surface area contributed by atoms with E-state index in [1.54, 1.807) is 0 Å². The van der Waals surface area contributed by atoms with Crippen LogP contribution >= 0.6 is 0 Å². The van der Waals surface area contributed by atoms with Gasteiger partial charge in [-0.25, -0.2) is 0 Å². The highest BCUT2D eigenvalue weighted by Crippen LogP contribution is 2.38. The highest BCUT2D eigenvalue weighted by Gasteiger charge is 2.39. The van der Waals surface area contributed by atoms with Gasteiger partial charge in [0.25, 0.3) is 5.91 Å².